The molecule has 1 heterocycles. The smallest absolute Gasteiger partial charge is 0.407 e. The second kappa shape index (κ2) is 10.3. The average molecular weight is 486 g/mol. The Morgan fingerprint density at radius 2 is 1.96 bits per heavy atom. The van der Waals surface area contributed by atoms with E-state index in [1.807, 2.05) is 36.4 Å². The first-order valence-corrected chi connectivity index (χ1v) is 9.51. The van der Waals surface area contributed by atoms with Crippen molar-refractivity contribution in [2.75, 3.05) is 0 Å². The Labute approximate surface area is 168 Å². The van der Waals surface area contributed by atoms with Crippen molar-refractivity contribution in [2.24, 2.45) is 0 Å². The van der Waals surface area contributed by atoms with Gasteiger partial charge in [0.05, 0.1) is 5.69 Å². The number of nitrogens with one attached hydrogen (secondary N) is 1. The van der Waals surface area contributed by atoms with E-state index in [0.717, 1.165) is 20.2 Å². The molecule has 0 radical (unpaired) electrons. The number of carbonyl (C=O) groups excluding carboxylic acids is 1. The average Bonchev–Trinajstić information content (AvgIpc) is 2.61. The van der Waals surface area contributed by atoms with E-state index in [-0.39, 0.29) is 19.4 Å². The predicted molar refractivity (Wildman–Crippen MR) is 104 cm³/mol. The Balaban J connectivity index is 1.96. The normalized spacial score (nSPS) is 11.6. The lowest BCUT2D eigenvalue weighted by molar-refractivity contribution is -0.137. The van der Waals surface area contributed by atoms with Gasteiger partial charge >= 0.3 is 12.1 Å². The lowest BCUT2D eigenvalue weighted by Crippen LogP contribution is -2.37. The van der Waals surface area contributed by atoms with Crippen LogP contribution in [0.25, 0.3) is 0 Å². The summed E-state index contributed by atoms with van der Waals surface area (Å²) in [6.07, 6.45) is 1.68. The van der Waals surface area contributed by atoms with Crippen LogP contribution in [-0.2, 0) is 22.6 Å². The van der Waals surface area contributed by atoms with E-state index in [9.17, 15) is 9.59 Å². The van der Waals surface area contributed by atoms with Crippen LogP contribution < -0.4 is 5.32 Å². The molecule has 2 N–H and O–H groups in total. The maximum absolute atomic E-state index is 12.1. The first-order valence-electron chi connectivity index (χ1n) is 7.93. The highest BCUT2D eigenvalue weighted by atomic mass is 79.9. The second-order valence-corrected chi connectivity index (χ2v) is 7.39. The van der Waals surface area contributed by atoms with Crippen LogP contribution in [0.1, 0.15) is 24.1 Å². The van der Waals surface area contributed by atoms with Crippen molar-refractivity contribution in [1.29, 1.82) is 0 Å². The first-order chi connectivity index (χ1) is 12.4. The summed E-state index contributed by atoms with van der Waals surface area (Å²) in [6.45, 7) is 0.151. The van der Waals surface area contributed by atoms with E-state index in [0.29, 0.717) is 6.42 Å². The van der Waals surface area contributed by atoms with Crippen LogP contribution in [0, 0.1) is 0 Å². The van der Waals surface area contributed by atoms with Crippen molar-refractivity contribution in [3.8, 4) is 0 Å². The van der Waals surface area contributed by atoms with Crippen LogP contribution in [0.2, 0.25) is 0 Å². The van der Waals surface area contributed by atoms with Crippen molar-refractivity contribution in [3.63, 3.8) is 0 Å². The van der Waals surface area contributed by atoms with Crippen LogP contribution in [0.3, 0.4) is 0 Å². The number of alkyl carbamates (subject to hydrolysis) is 1. The first kappa shape index (κ1) is 20.4. The number of amides is 1. The zero-order valence-corrected chi connectivity index (χ0v) is 17.0. The van der Waals surface area contributed by atoms with Gasteiger partial charge in [-0.3, -0.25) is 9.78 Å². The summed E-state index contributed by atoms with van der Waals surface area (Å²) in [6, 6.07) is 10.8. The number of carboxylic acid groups (broad SMARTS) is 1. The number of halogens is 2. The van der Waals surface area contributed by atoms with E-state index >= 15 is 0 Å². The number of aliphatic carboxylic acids is 1. The number of aromatic nitrogens is 1. The molecule has 0 aliphatic heterocycles. The predicted octanol–water partition coefficient (Wildman–Crippen LogP) is 4.31. The SMILES string of the molecule is O=C(O)CCC(Cc1ncc(Br)cc1Br)NC(=O)OCc1ccccc1. The number of carboxylic acids is 1. The van der Waals surface area contributed by atoms with Gasteiger partial charge in [0.1, 0.15) is 6.61 Å². The molecule has 1 aromatic carbocycles. The lowest BCUT2D eigenvalue weighted by atomic mass is 10.1. The minimum atomic E-state index is -0.919. The number of pyridine rings is 1. The Bertz CT molecular complexity index is 756. The zero-order chi connectivity index (χ0) is 18.9. The van der Waals surface area contributed by atoms with Gasteiger partial charge in [0, 0.05) is 34.0 Å². The molecule has 1 atom stereocenters. The number of benzene rings is 1. The number of hydrogen-bond donors (Lipinski definition) is 2. The standard InChI is InChI=1S/C18H18Br2N2O4/c19-13-8-15(20)16(21-10-13)9-14(6-7-17(23)24)22-18(25)26-11-12-4-2-1-3-5-12/h1-5,8,10,14H,6-7,9,11H2,(H,22,25)(H,23,24). The van der Waals surface area contributed by atoms with Crippen LogP contribution in [0.5, 0.6) is 0 Å². The zero-order valence-electron chi connectivity index (χ0n) is 13.8. The van der Waals surface area contributed by atoms with Crippen molar-refractivity contribution >= 4 is 43.9 Å². The van der Waals surface area contributed by atoms with Crippen molar-refractivity contribution < 1.29 is 19.4 Å². The molecule has 8 heteroatoms. The summed E-state index contributed by atoms with van der Waals surface area (Å²) in [7, 11) is 0. The summed E-state index contributed by atoms with van der Waals surface area (Å²) in [5, 5.41) is 11.7. The number of hydrogen-bond acceptors (Lipinski definition) is 4. The molecule has 26 heavy (non-hydrogen) atoms. The van der Waals surface area contributed by atoms with Gasteiger partial charge in [-0.2, -0.15) is 0 Å². The van der Waals surface area contributed by atoms with Gasteiger partial charge in [0.25, 0.3) is 0 Å². The molecule has 138 valence electrons. The third-order valence-electron chi connectivity index (χ3n) is 3.57. The molecule has 0 saturated heterocycles. The molecule has 0 saturated carbocycles. The van der Waals surface area contributed by atoms with Crippen molar-refractivity contribution in [3.05, 3.63) is 62.8 Å². The molecular formula is C18H18Br2N2O4. The largest absolute Gasteiger partial charge is 0.481 e. The van der Waals surface area contributed by atoms with E-state index in [4.69, 9.17) is 9.84 Å². The van der Waals surface area contributed by atoms with Crippen LogP contribution in [0.4, 0.5) is 4.79 Å². The summed E-state index contributed by atoms with van der Waals surface area (Å²) >= 11 is 6.77. The van der Waals surface area contributed by atoms with E-state index in [1.165, 1.54) is 0 Å². The maximum atomic E-state index is 12.1. The molecule has 1 aromatic heterocycles. The Hall–Kier alpha value is -1.93. The Morgan fingerprint density at radius 3 is 2.62 bits per heavy atom. The van der Waals surface area contributed by atoms with Crippen LogP contribution >= 0.6 is 31.9 Å². The molecule has 2 aromatic rings. The third-order valence-corrected chi connectivity index (χ3v) is 4.69. The fraction of sp³-hybridized carbons (Fsp3) is 0.278. The summed E-state index contributed by atoms with van der Waals surface area (Å²) in [5.41, 5.74) is 1.61. The fourth-order valence-corrected chi connectivity index (χ4v) is 3.43. The topological polar surface area (TPSA) is 88.5 Å². The minimum absolute atomic E-state index is 0.0578. The Kier molecular flexibility index (Phi) is 8.06. The van der Waals surface area contributed by atoms with Crippen LogP contribution in [0.15, 0.2) is 51.5 Å². The fourth-order valence-electron chi connectivity index (χ4n) is 2.28. The highest BCUT2D eigenvalue weighted by Gasteiger charge is 2.18. The van der Waals surface area contributed by atoms with E-state index in [1.54, 1.807) is 6.20 Å². The molecule has 1 unspecified atom stereocenters. The number of ether oxygens (including phenoxy) is 1. The molecule has 0 aliphatic rings. The molecule has 0 aliphatic carbocycles. The van der Waals surface area contributed by atoms with Gasteiger partial charge in [-0.1, -0.05) is 30.3 Å². The van der Waals surface area contributed by atoms with E-state index < -0.39 is 18.1 Å². The van der Waals surface area contributed by atoms with Gasteiger partial charge in [0.15, 0.2) is 0 Å². The molecule has 0 spiro atoms. The molecular weight excluding hydrogens is 468 g/mol. The second-order valence-electron chi connectivity index (χ2n) is 5.62. The summed E-state index contributed by atoms with van der Waals surface area (Å²) < 4.78 is 6.82. The maximum Gasteiger partial charge on any atom is 0.407 e. The molecule has 0 fully saturated rings. The van der Waals surface area contributed by atoms with Crippen molar-refractivity contribution in [2.45, 2.75) is 31.9 Å². The summed E-state index contributed by atoms with van der Waals surface area (Å²) in [4.78, 5) is 27.3. The lowest BCUT2D eigenvalue weighted by Gasteiger charge is -2.18. The van der Waals surface area contributed by atoms with Crippen molar-refractivity contribution in [1.82, 2.24) is 10.3 Å². The number of carbonyl (C=O) groups is 2. The summed E-state index contributed by atoms with van der Waals surface area (Å²) in [5.74, 6) is -0.919. The van der Waals surface area contributed by atoms with Gasteiger partial charge in [-0.05, 0) is 49.9 Å². The minimum Gasteiger partial charge on any atom is -0.481 e. The number of rotatable bonds is 8. The monoisotopic (exact) mass is 484 g/mol. The van der Waals surface area contributed by atoms with Gasteiger partial charge in [0.2, 0.25) is 0 Å². The van der Waals surface area contributed by atoms with Gasteiger partial charge < -0.3 is 15.2 Å². The van der Waals surface area contributed by atoms with Gasteiger partial charge in [-0.15, -0.1) is 0 Å². The molecule has 6 nitrogen and oxygen atoms in total. The van der Waals surface area contributed by atoms with Gasteiger partial charge in [-0.25, -0.2) is 4.79 Å². The quantitative estimate of drug-likeness (QED) is 0.581. The Morgan fingerprint density at radius 1 is 1.23 bits per heavy atom. The third kappa shape index (κ3) is 7.13. The molecule has 1 amide bonds. The highest BCUT2D eigenvalue weighted by Crippen LogP contribution is 2.21. The molecule has 0 bridgehead atoms. The molecule has 2 rings (SSSR count). The van der Waals surface area contributed by atoms with E-state index in [2.05, 4.69) is 42.2 Å². The van der Waals surface area contributed by atoms with Crippen LogP contribution in [-0.4, -0.2) is 28.2 Å². The number of nitrogens with zero attached hydrogens (tertiary/aromatic N) is 1. The highest BCUT2D eigenvalue weighted by molar-refractivity contribution is 9.11.